The third-order valence-corrected chi connectivity index (χ3v) is 4.73. The Morgan fingerprint density at radius 3 is 2.28 bits per heavy atom. The summed E-state index contributed by atoms with van der Waals surface area (Å²) in [6.07, 6.45) is 6.51. The highest BCUT2D eigenvalue weighted by Crippen LogP contribution is 2.47. The Hall–Kier alpha value is -0.860. The predicted molar refractivity (Wildman–Crippen MR) is 75.8 cm³/mol. The van der Waals surface area contributed by atoms with Gasteiger partial charge in [0.2, 0.25) is 0 Å². The van der Waals surface area contributed by atoms with Crippen molar-refractivity contribution in [1.29, 1.82) is 0 Å². The van der Waals surface area contributed by atoms with E-state index in [1.807, 2.05) is 0 Å². The molecule has 0 amide bonds. The minimum absolute atomic E-state index is 0.341. The summed E-state index contributed by atoms with van der Waals surface area (Å²) in [5, 5.41) is 0. The van der Waals surface area contributed by atoms with Crippen LogP contribution in [0.15, 0.2) is 24.3 Å². The van der Waals surface area contributed by atoms with E-state index in [0.29, 0.717) is 5.41 Å². The van der Waals surface area contributed by atoms with Crippen LogP contribution < -0.4 is 5.73 Å². The van der Waals surface area contributed by atoms with E-state index < -0.39 is 0 Å². The molecule has 2 heteroatoms. The monoisotopic (exact) mass is 244 g/mol. The molecule has 0 bridgehead atoms. The minimum Gasteiger partial charge on any atom is -0.330 e. The summed E-state index contributed by atoms with van der Waals surface area (Å²) < 4.78 is 0. The van der Waals surface area contributed by atoms with Crippen molar-refractivity contribution in [2.24, 2.45) is 5.73 Å². The van der Waals surface area contributed by atoms with Crippen LogP contribution in [0, 0.1) is 0 Å². The fourth-order valence-electron chi connectivity index (χ4n) is 3.08. The standard InChI is InChI=1S/C16H24N2/c17-13-16(8-9-16)15-5-3-14(4-6-15)7-12-18-10-1-2-11-18/h3-6H,1-2,7-13,17H2. The molecule has 1 aliphatic heterocycles. The zero-order valence-electron chi connectivity index (χ0n) is 11.2. The van der Waals surface area contributed by atoms with E-state index in [0.717, 1.165) is 6.54 Å². The molecule has 1 saturated carbocycles. The van der Waals surface area contributed by atoms with Crippen molar-refractivity contribution in [1.82, 2.24) is 4.90 Å². The van der Waals surface area contributed by atoms with Gasteiger partial charge in [0.15, 0.2) is 0 Å². The van der Waals surface area contributed by atoms with Crippen LogP contribution in [0.3, 0.4) is 0 Å². The number of hydrogen-bond donors (Lipinski definition) is 1. The van der Waals surface area contributed by atoms with Crippen LogP contribution in [0.25, 0.3) is 0 Å². The van der Waals surface area contributed by atoms with Crippen molar-refractivity contribution >= 4 is 0 Å². The first-order valence-electron chi connectivity index (χ1n) is 7.34. The SMILES string of the molecule is NCC1(c2ccc(CCN3CCCC3)cc2)CC1. The largest absolute Gasteiger partial charge is 0.330 e. The number of likely N-dealkylation sites (tertiary alicyclic amines) is 1. The predicted octanol–water partition coefficient (Wildman–Crippen LogP) is 2.32. The maximum absolute atomic E-state index is 5.87. The molecule has 3 rings (SSSR count). The van der Waals surface area contributed by atoms with E-state index in [1.165, 1.54) is 62.9 Å². The molecular weight excluding hydrogens is 220 g/mol. The second-order valence-electron chi connectivity index (χ2n) is 5.98. The second kappa shape index (κ2) is 5.02. The molecule has 0 unspecified atom stereocenters. The van der Waals surface area contributed by atoms with Crippen molar-refractivity contribution in [3.63, 3.8) is 0 Å². The first kappa shape index (κ1) is 12.2. The lowest BCUT2D eigenvalue weighted by Crippen LogP contribution is -2.22. The van der Waals surface area contributed by atoms with Crippen molar-refractivity contribution in [3.05, 3.63) is 35.4 Å². The molecule has 0 atom stereocenters. The molecule has 18 heavy (non-hydrogen) atoms. The molecule has 1 heterocycles. The van der Waals surface area contributed by atoms with Gasteiger partial charge in [-0.2, -0.15) is 0 Å². The number of nitrogens with zero attached hydrogens (tertiary/aromatic N) is 1. The highest BCUT2D eigenvalue weighted by atomic mass is 15.1. The van der Waals surface area contributed by atoms with E-state index in [4.69, 9.17) is 5.73 Å². The molecule has 1 saturated heterocycles. The topological polar surface area (TPSA) is 29.3 Å². The van der Waals surface area contributed by atoms with Gasteiger partial charge < -0.3 is 10.6 Å². The van der Waals surface area contributed by atoms with Gasteiger partial charge in [0, 0.05) is 18.5 Å². The Balaban J connectivity index is 1.57. The molecule has 1 aromatic carbocycles. The summed E-state index contributed by atoms with van der Waals surface area (Å²) in [6, 6.07) is 9.22. The first-order chi connectivity index (χ1) is 8.82. The van der Waals surface area contributed by atoms with Crippen LogP contribution in [0.5, 0.6) is 0 Å². The van der Waals surface area contributed by atoms with Crippen molar-refractivity contribution in [2.45, 2.75) is 37.5 Å². The quantitative estimate of drug-likeness (QED) is 0.861. The maximum atomic E-state index is 5.87. The molecule has 1 aliphatic carbocycles. The molecule has 98 valence electrons. The van der Waals surface area contributed by atoms with Crippen LogP contribution in [0.1, 0.15) is 36.8 Å². The Morgan fingerprint density at radius 2 is 1.72 bits per heavy atom. The Labute approximate surface area is 110 Å². The van der Waals surface area contributed by atoms with Gasteiger partial charge in [-0.1, -0.05) is 24.3 Å². The van der Waals surface area contributed by atoms with Gasteiger partial charge in [0.1, 0.15) is 0 Å². The fraction of sp³-hybridized carbons (Fsp3) is 0.625. The Bertz CT molecular complexity index is 386. The first-order valence-corrected chi connectivity index (χ1v) is 7.34. The zero-order valence-corrected chi connectivity index (χ0v) is 11.2. The van der Waals surface area contributed by atoms with Gasteiger partial charge in [-0.05, 0) is 56.3 Å². The van der Waals surface area contributed by atoms with Crippen molar-refractivity contribution in [2.75, 3.05) is 26.2 Å². The molecule has 2 N–H and O–H groups in total. The summed E-state index contributed by atoms with van der Waals surface area (Å²) in [5.74, 6) is 0. The summed E-state index contributed by atoms with van der Waals surface area (Å²) in [5.41, 5.74) is 9.14. The van der Waals surface area contributed by atoms with E-state index in [9.17, 15) is 0 Å². The van der Waals surface area contributed by atoms with Gasteiger partial charge in [0.05, 0.1) is 0 Å². The number of benzene rings is 1. The summed E-state index contributed by atoms with van der Waals surface area (Å²) in [6.45, 7) is 4.63. The van der Waals surface area contributed by atoms with Gasteiger partial charge in [0.25, 0.3) is 0 Å². The normalized spacial score (nSPS) is 22.3. The smallest absolute Gasteiger partial charge is 0.00762 e. The van der Waals surface area contributed by atoms with Crippen LogP contribution in [0.4, 0.5) is 0 Å². The summed E-state index contributed by atoms with van der Waals surface area (Å²) in [4.78, 5) is 2.58. The lowest BCUT2D eigenvalue weighted by Gasteiger charge is -2.16. The third-order valence-electron chi connectivity index (χ3n) is 4.73. The van der Waals surface area contributed by atoms with Crippen LogP contribution in [0.2, 0.25) is 0 Å². The van der Waals surface area contributed by atoms with Gasteiger partial charge in [-0.3, -0.25) is 0 Å². The zero-order chi connectivity index (χ0) is 12.4. The van der Waals surface area contributed by atoms with Crippen molar-refractivity contribution < 1.29 is 0 Å². The minimum atomic E-state index is 0.341. The number of hydrogen-bond acceptors (Lipinski definition) is 2. The molecule has 0 spiro atoms. The molecule has 2 nitrogen and oxygen atoms in total. The van der Waals surface area contributed by atoms with Crippen LogP contribution >= 0.6 is 0 Å². The van der Waals surface area contributed by atoms with Crippen LogP contribution in [-0.2, 0) is 11.8 Å². The maximum Gasteiger partial charge on any atom is 0.00762 e. The number of nitrogens with two attached hydrogens (primary N) is 1. The highest BCUT2D eigenvalue weighted by molar-refractivity contribution is 5.34. The lowest BCUT2D eigenvalue weighted by atomic mass is 9.95. The average Bonchev–Trinajstić information content (AvgIpc) is 3.05. The molecule has 0 aromatic heterocycles. The molecular formula is C16H24N2. The second-order valence-corrected chi connectivity index (χ2v) is 5.98. The molecule has 1 aromatic rings. The fourth-order valence-corrected chi connectivity index (χ4v) is 3.08. The van der Waals surface area contributed by atoms with E-state index >= 15 is 0 Å². The van der Waals surface area contributed by atoms with Gasteiger partial charge in [-0.15, -0.1) is 0 Å². The van der Waals surface area contributed by atoms with Crippen molar-refractivity contribution in [3.8, 4) is 0 Å². The molecule has 2 aliphatic rings. The third kappa shape index (κ3) is 2.45. The van der Waals surface area contributed by atoms with Gasteiger partial charge >= 0.3 is 0 Å². The Morgan fingerprint density at radius 1 is 1.06 bits per heavy atom. The van der Waals surface area contributed by atoms with E-state index in [1.54, 1.807) is 0 Å². The van der Waals surface area contributed by atoms with E-state index in [-0.39, 0.29) is 0 Å². The lowest BCUT2D eigenvalue weighted by molar-refractivity contribution is 0.343. The summed E-state index contributed by atoms with van der Waals surface area (Å²) in [7, 11) is 0. The summed E-state index contributed by atoms with van der Waals surface area (Å²) >= 11 is 0. The van der Waals surface area contributed by atoms with E-state index in [2.05, 4.69) is 29.2 Å². The highest BCUT2D eigenvalue weighted by Gasteiger charge is 2.42. The van der Waals surface area contributed by atoms with Gasteiger partial charge in [-0.25, -0.2) is 0 Å². The molecule has 2 fully saturated rings. The Kier molecular flexibility index (Phi) is 3.40. The average molecular weight is 244 g/mol. The van der Waals surface area contributed by atoms with Crippen LogP contribution in [-0.4, -0.2) is 31.1 Å². The molecule has 0 radical (unpaired) electrons. The number of rotatable bonds is 5.